The van der Waals surface area contributed by atoms with E-state index in [-0.39, 0.29) is 0 Å². The van der Waals surface area contributed by atoms with Crippen LogP contribution in [0.15, 0.2) is 340 Å². The number of hydrogen-bond acceptors (Lipinski definition) is 4. The molecular weight excluding hydrogens is 989 g/mol. The minimum atomic E-state index is -1.51. The molecule has 0 saturated heterocycles. The lowest BCUT2D eigenvalue weighted by Crippen LogP contribution is -2.34. The Morgan fingerprint density at radius 2 is 0.222 bits per heavy atom. The summed E-state index contributed by atoms with van der Waals surface area (Å²) >= 11 is 0. The van der Waals surface area contributed by atoms with Gasteiger partial charge in [-0.1, -0.05) is 340 Å². The van der Waals surface area contributed by atoms with E-state index >= 15 is 0 Å². The first-order valence-corrected chi connectivity index (χ1v) is 27.5. The molecule has 4 N–H and O–H groups in total. The highest BCUT2D eigenvalue weighted by molar-refractivity contribution is 5.64. The van der Waals surface area contributed by atoms with Crippen molar-refractivity contribution in [2.24, 2.45) is 0 Å². The zero-order valence-corrected chi connectivity index (χ0v) is 44.6. The average molecular weight is 1050 g/mol. The standard InChI is InChI=1S/C77H60O4/c78-74(61-25-9-1-10-26-61,62-27-11-2-12-28-62)69-49-41-57(42-50-69)73(58-43-51-70(52-44-58)75(79,63-29-13-3-14-30-63)64-31-15-4-16-32-64,59-45-53-71(54-46-59)76(80,65-33-17-5-18-34-65)66-35-19-6-20-36-66)60-47-55-72(56-48-60)77(81,67-37-21-7-22-38-67)68-39-23-8-24-40-68/h1-56,78-81H. The van der Waals surface area contributed by atoms with Crippen LogP contribution in [0.1, 0.15) is 89.0 Å². The summed E-state index contributed by atoms with van der Waals surface area (Å²) in [6.45, 7) is 0. The third-order valence-electron chi connectivity index (χ3n) is 16.5. The van der Waals surface area contributed by atoms with Gasteiger partial charge in [-0.15, -0.1) is 0 Å². The van der Waals surface area contributed by atoms with E-state index < -0.39 is 27.8 Å². The highest BCUT2D eigenvalue weighted by Crippen LogP contribution is 2.50. The Kier molecular flexibility index (Phi) is 14.1. The van der Waals surface area contributed by atoms with Gasteiger partial charge in [-0.05, 0) is 89.0 Å². The number of benzene rings is 12. The van der Waals surface area contributed by atoms with Crippen LogP contribution in [0.25, 0.3) is 0 Å². The lowest BCUT2D eigenvalue weighted by Gasteiger charge is -2.39. The molecule has 12 aromatic rings. The largest absolute Gasteiger partial charge is 0.376 e. The van der Waals surface area contributed by atoms with Crippen molar-refractivity contribution in [2.45, 2.75) is 27.8 Å². The highest BCUT2D eigenvalue weighted by atomic mass is 16.3. The Bertz CT molecular complexity index is 3260. The van der Waals surface area contributed by atoms with Crippen LogP contribution in [-0.2, 0) is 27.8 Å². The molecule has 0 unspecified atom stereocenters. The number of hydrogen-bond donors (Lipinski definition) is 4. The first-order valence-electron chi connectivity index (χ1n) is 27.5. The van der Waals surface area contributed by atoms with Gasteiger partial charge in [0.05, 0.1) is 5.41 Å². The maximum Gasteiger partial charge on any atom is 0.140 e. The van der Waals surface area contributed by atoms with E-state index in [2.05, 4.69) is 48.5 Å². The van der Waals surface area contributed by atoms with Crippen molar-refractivity contribution in [1.29, 1.82) is 0 Å². The van der Waals surface area contributed by atoms with E-state index in [0.29, 0.717) is 22.3 Å². The summed E-state index contributed by atoms with van der Waals surface area (Å²) in [7, 11) is 0. The van der Waals surface area contributed by atoms with E-state index in [4.69, 9.17) is 0 Å². The molecule has 0 fully saturated rings. The highest BCUT2D eigenvalue weighted by Gasteiger charge is 2.43. The van der Waals surface area contributed by atoms with Crippen molar-refractivity contribution >= 4 is 0 Å². The van der Waals surface area contributed by atoms with Crippen LogP contribution in [0.3, 0.4) is 0 Å². The minimum absolute atomic E-state index is 0.681. The van der Waals surface area contributed by atoms with Crippen LogP contribution in [0.5, 0.6) is 0 Å². The molecule has 0 atom stereocenters. The van der Waals surface area contributed by atoms with E-state index in [9.17, 15) is 20.4 Å². The van der Waals surface area contributed by atoms with Crippen molar-refractivity contribution in [3.8, 4) is 0 Å². The molecule has 0 heterocycles. The fraction of sp³-hybridized carbons (Fsp3) is 0.0649. The van der Waals surface area contributed by atoms with Crippen LogP contribution in [-0.4, -0.2) is 20.4 Å². The smallest absolute Gasteiger partial charge is 0.140 e. The van der Waals surface area contributed by atoms with Crippen molar-refractivity contribution in [1.82, 2.24) is 0 Å². The monoisotopic (exact) mass is 1050 g/mol. The second kappa shape index (κ2) is 22.0. The molecule has 4 heteroatoms. The molecule has 12 rings (SSSR count). The van der Waals surface area contributed by atoms with E-state index in [1.54, 1.807) is 0 Å². The Balaban J connectivity index is 1.12. The lowest BCUT2D eigenvalue weighted by molar-refractivity contribution is 0.125. The molecule has 81 heavy (non-hydrogen) atoms. The van der Waals surface area contributed by atoms with Gasteiger partial charge in [0.2, 0.25) is 0 Å². The first kappa shape index (κ1) is 52.2. The van der Waals surface area contributed by atoms with Crippen LogP contribution in [0.4, 0.5) is 0 Å². The Morgan fingerprint density at radius 3 is 0.346 bits per heavy atom. The van der Waals surface area contributed by atoms with Gasteiger partial charge in [0.15, 0.2) is 0 Å². The van der Waals surface area contributed by atoms with Crippen LogP contribution in [0, 0.1) is 0 Å². The molecule has 4 nitrogen and oxygen atoms in total. The molecular formula is C77H60O4. The topological polar surface area (TPSA) is 80.9 Å². The molecule has 0 aliphatic rings. The minimum Gasteiger partial charge on any atom is -0.376 e. The normalized spacial score (nSPS) is 12.2. The number of aliphatic hydroxyl groups is 4. The summed E-state index contributed by atoms with van der Waals surface area (Å²) in [5.74, 6) is 0. The van der Waals surface area contributed by atoms with Crippen LogP contribution in [0.2, 0.25) is 0 Å². The quantitative estimate of drug-likeness (QED) is 0.0727. The zero-order chi connectivity index (χ0) is 55.3. The summed E-state index contributed by atoms with van der Waals surface area (Å²) in [4.78, 5) is 0. The van der Waals surface area contributed by atoms with Crippen molar-refractivity contribution < 1.29 is 20.4 Å². The maximum atomic E-state index is 13.2. The summed E-state index contributed by atoms with van der Waals surface area (Å²) < 4.78 is 0. The lowest BCUT2D eigenvalue weighted by atomic mass is 9.63. The Labute approximate surface area is 474 Å². The zero-order valence-electron chi connectivity index (χ0n) is 44.6. The van der Waals surface area contributed by atoms with E-state index in [1.165, 1.54) is 0 Å². The van der Waals surface area contributed by atoms with Gasteiger partial charge in [-0.3, -0.25) is 0 Å². The SMILES string of the molecule is OC(c1ccccc1)(c1ccccc1)c1ccc(C(c2ccc(C(O)(c3ccccc3)c3ccccc3)cc2)(c2ccc(C(O)(c3ccccc3)c3ccccc3)cc2)c2ccc(C(O)(c3ccccc3)c3ccccc3)cc2)cc1. The van der Waals surface area contributed by atoms with Gasteiger partial charge in [-0.2, -0.15) is 0 Å². The van der Waals surface area contributed by atoms with E-state index in [0.717, 1.165) is 66.8 Å². The molecule has 0 spiro atoms. The van der Waals surface area contributed by atoms with E-state index in [1.807, 2.05) is 291 Å². The summed E-state index contributed by atoms with van der Waals surface area (Å²) in [6.07, 6.45) is 0. The molecule has 392 valence electrons. The second-order valence-corrected chi connectivity index (χ2v) is 20.8. The molecule has 0 aliphatic carbocycles. The molecule has 0 aliphatic heterocycles. The fourth-order valence-corrected chi connectivity index (χ4v) is 12.3. The molecule has 0 bridgehead atoms. The Hall–Kier alpha value is -9.52. The van der Waals surface area contributed by atoms with Crippen molar-refractivity contribution in [3.05, 3.63) is 429 Å². The fourth-order valence-electron chi connectivity index (χ4n) is 12.3. The van der Waals surface area contributed by atoms with Gasteiger partial charge in [0.25, 0.3) is 0 Å². The van der Waals surface area contributed by atoms with Crippen LogP contribution >= 0.6 is 0 Å². The third kappa shape index (κ3) is 9.11. The molecule has 12 aromatic carbocycles. The summed E-state index contributed by atoms with van der Waals surface area (Å²) in [5.41, 5.74) is 4.95. The molecule has 0 saturated carbocycles. The molecule has 0 aromatic heterocycles. The van der Waals surface area contributed by atoms with Crippen molar-refractivity contribution in [3.63, 3.8) is 0 Å². The average Bonchev–Trinajstić information content (AvgIpc) is 3.66. The van der Waals surface area contributed by atoms with Gasteiger partial charge in [0, 0.05) is 0 Å². The van der Waals surface area contributed by atoms with Crippen molar-refractivity contribution in [2.75, 3.05) is 0 Å². The Morgan fingerprint density at radius 1 is 0.123 bits per heavy atom. The molecule has 0 amide bonds. The maximum absolute atomic E-state index is 13.2. The van der Waals surface area contributed by atoms with Gasteiger partial charge >= 0.3 is 0 Å². The predicted molar refractivity (Wildman–Crippen MR) is 325 cm³/mol. The van der Waals surface area contributed by atoms with Gasteiger partial charge < -0.3 is 20.4 Å². The summed E-state index contributed by atoms with van der Waals surface area (Å²) in [5, 5.41) is 52.7. The molecule has 0 radical (unpaired) electrons. The van der Waals surface area contributed by atoms with Gasteiger partial charge in [0.1, 0.15) is 22.4 Å². The predicted octanol–water partition coefficient (Wildman–Crippen LogP) is 15.2. The second-order valence-electron chi connectivity index (χ2n) is 20.8. The first-order chi connectivity index (χ1) is 39.7. The van der Waals surface area contributed by atoms with Crippen LogP contribution < -0.4 is 0 Å². The third-order valence-corrected chi connectivity index (χ3v) is 16.5. The number of rotatable bonds is 16. The van der Waals surface area contributed by atoms with Gasteiger partial charge in [-0.25, -0.2) is 0 Å². The summed E-state index contributed by atoms with van der Waals surface area (Å²) in [6, 6.07) is 111.